The number of rotatable bonds is 9. The summed E-state index contributed by atoms with van der Waals surface area (Å²) in [5.41, 5.74) is 1.50. The van der Waals surface area contributed by atoms with E-state index in [4.69, 9.17) is 14.2 Å². The summed E-state index contributed by atoms with van der Waals surface area (Å²) in [5.74, 6) is 0.822. The van der Waals surface area contributed by atoms with Crippen molar-refractivity contribution in [1.82, 2.24) is 5.32 Å². The largest absolute Gasteiger partial charge is 0.493 e. The van der Waals surface area contributed by atoms with E-state index in [1.165, 1.54) is 14.2 Å². The van der Waals surface area contributed by atoms with Crippen LogP contribution in [-0.4, -0.2) is 32.1 Å². The van der Waals surface area contributed by atoms with Gasteiger partial charge in [-0.25, -0.2) is 0 Å². The molecule has 0 bridgehead atoms. The first-order valence-corrected chi connectivity index (χ1v) is 9.33. The van der Waals surface area contributed by atoms with Gasteiger partial charge in [0.15, 0.2) is 11.5 Å². The van der Waals surface area contributed by atoms with Gasteiger partial charge in [-0.15, -0.1) is 0 Å². The molecule has 1 aliphatic rings. The molecule has 1 aliphatic carbocycles. The van der Waals surface area contributed by atoms with Crippen LogP contribution in [0.3, 0.4) is 0 Å². The maximum atomic E-state index is 12.7. The van der Waals surface area contributed by atoms with Gasteiger partial charge in [-0.05, 0) is 42.5 Å². The van der Waals surface area contributed by atoms with Crippen LogP contribution in [0.25, 0.3) is 0 Å². The van der Waals surface area contributed by atoms with Crippen LogP contribution in [0.2, 0.25) is 0 Å². The number of methoxy groups -OCH3 is 2. The fourth-order valence-electron chi connectivity index (χ4n) is 3.01. The maximum absolute atomic E-state index is 12.7. The Kier molecular flexibility index (Phi) is 6.53. The van der Waals surface area contributed by atoms with Gasteiger partial charge in [0.2, 0.25) is 0 Å². The first kappa shape index (κ1) is 19.7. The molecule has 0 aliphatic heterocycles. The number of hydrogen-bond acceptors (Lipinski definition) is 5. The van der Waals surface area contributed by atoms with Gasteiger partial charge in [0.25, 0.3) is 5.91 Å². The molecule has 148 valence electrons. The van der Waals surface area contributed by atoms with Crippen molar-refractivity contribution in [1.29, 1.82) is 0 Å². The Hall–Kier alpha value is -3.02. The summed E-state index contributed by atoms with van der Waals surface area (Å²) in [6.07, 6.45) is 2.21. The third-order valence-corrected chi connectivity index (χ3v) is 4.78. The first-order chi connectivity index (χ1) is 13.6. The second-order valence-electron chi connectivity index (χ2n) is 6.84. The lowest BCUT2D eigenvalue weighted by molar-refractivity contribution is -0.141. The number of ether oxygens (including phenoxy) is 3. The van der Waals surface area contributed by atoms with Crippen LogP contribution >= 0.6 is 0 Å². The van der Waals surface area contributed by atoms with Gasteiger partial charge >= 0.3 is 5.97 Å². The fourth-order valence-corrected chi connectivity index (χ4v) is 3.01. The molecule has 0 unspecified atom stereocenters. The second kappa shape index (κ2) is 9.26. The first-order valence-electron chi connectivity index (χ1n) is 9.33. The quantitative estimate of drug-likeness (QED) is 0.672. The van der Waals surface area contributed by atoms with Crippen molar-refractivity contribution in [3.05, 3.63) is 59.7 Å². The zero-order valence-corrected chi connectivity index (χ0v) is 16.1. The second-order valence-corrected chi connectivity index (χ2v) is 6.84. The van der Waals surface area contributed by atoms with Crippen LogP contribution < -0.4 is 14.8 Å². The molecule has 1 atom stereocenters. The SMILES string of the molecule is COC(=O)C[C@@H](NC(=O)c1ccc(OCc2ccccc2)c(OC)c1)C1CC1. The molecule has 0 heterocycles. The van der Waals surface area contributed by atoms with Crippen LogP contribution in [0.5, 0.6) is 11.5 Å². The smallest absolute Gasteiger partial charge is 0.307 e. The molecule has 28 heavy (non-hydrogen) atoms. The van der Waals surface area contributed by atoms with Gasteiger partial charge in [0.05, 0.1) is 20.6 Å². The van der Waals surface area contributed by atoms with Gasteiger partial charge in [-0.1, -0.05) is 30.3 Å². The maximum Gasteiger partial charge on any atom is 0.307 e. The van der Waals surface area contributed by atoms with Gasteiger partial charge in [-0.2, -0.15) is 0 Å². The van der Waals surface area contributed by atoms with Crippen molar-refractivity contribution in [2.75, 3.05) is 14.2 Å². The van der Waals surface area contributed by atoms with Crippen molar-refractivity contribution in [2.45, 2.75) is 31.9 Å². The average Bonchev–Trinajstić information content (AvgIpc) is 3.57. The van der Waals surface area contributed by atoms with Crippen molar-refractivity contribution < 1.29 is 23.8 Å². The summed E-state index contributed by atoms with van der Waals surface area (Å²) >= 11 is 0. The molecule has 1 saturated carbocycles. The molecule has 0 radical (unpaired) electrons. The van der Waals surface area contributed by atoms with Crippen LogP contribution in [0.4, 0.5) is 0 Å². The molecule has 3 rings (SSSR count). The van der Waals surface area contributed by atoms with Crippen LogP contribution in [0.1, 0.15) is 35.2 Å². The zero-order valence-electron chi connectivity index (χ0n) is 16.1. The fraction of sp³-hybridized carbons (Fsp3) is 0.364. The van der Waals surface area contributed by atoms with Crippen molar-refractivity contribution in [3.63, 3.8) is 0 Å². The Balaban J connectivity index is 1.66. The highest BCUT2D eigenvalue weighted by Gasteiger charge is 2.34. The lowest BCUT2D eigenvalue weighted by Gasteiger charge is -2.18. The summed E-state index contributed by atoms with van der Waals surface area (Å²) in [7, 11) is 2.89. The summed E-state index contributed by atoms with van der Waals surface area (Å²) in [6.45, 7) is 0.408. The minimum absolute atomic E-state index is 0.183. The predicted octanol–water partition coefficient (Wildman–Crippen LogP) is 3.35. The van der Waals surface area contributed by atoms with Crippen LogP contribution in [0, 0.1) is 5.92 Å². The molecular formula is C22H25NO5. The van der Waals surface area contributed by atoms with E-state index in [1.54, 1.807) is 18.2 Å². The molecule has 0 spiro atoms. The van der Waals surface area contributed by atoms with Crippen molar-refractivity contribution in [2.24, 2.45) is 5.92 Å². The molecule has 0 saturated heterocycles. The average molecular weight is 383 g/mol. The molecule has 6 nitrogen and oxygen atoms in total. The molecule has 1 fully saturated rings. The van der Waals surface area contributed by atoms with Crippen molar-refractivity contribution >= 4 is 11.9 Å². The highest BCUT2D eigenvalue weighted by Crippen LogP contribution is 2.34. The number of esters is 1. The number of benzene rings is 2. The minimum Gasteiger partial charge on any atom is -0.493 e. The topological polar surface area (TPSA) is 73.9 Å². The van der Waals surface area contributed by atoms with Gasteiger partial charge in [0, 0.05) is 11.6 Å². The Morgan fingerprint density at radius 2 is 1.82 bits per heavy atom. The molecular weight excluding hydrogens is 358 g/mol. The Morgan fingerprint density at radius 3 is 2.46 bits per heavy atom. The molecule has 1 N–H and O–H groups in total. The number of amides is 1. The molecule has 6 heteroatoms. The third-order valence-electron chi connectivity index (χ3n) is 4.78. The van der Waals surface area contributed by atoms with E-state index >= 15 is 0 Å². The molecule has 0 aromatic heterocycles. The predicted molar refractivity (Wildman–Crippen MR) is 104 cm³/mol. The van der Waals surface area contributed by atoms with Gasteiger partial charge in [-0.3, -0.25) is 9.59 Å². The monoisotopic (exact) mass is 383 g/mol. The lowest BCUT2D eigenvalue weighted by atomic mass is 10.1. The zero-order chi connectivity index (χ0) is 19.9. The number of carbonyl (C=O) groups excluding carboxylic acids is 2. The van der Waals surface area contributed by atoms with Gasteiger partial charge < -0.3 is 19.5 Å². The number of nitrogens with one attached hydrogen (secondary N) is 1. The third kappa shape index (κ3) is 5.25. The highest BCUT2D eigenvalue weighted by atomic mass is 16.5. The Labute approximate surface area is 164 Å². The summed E-state index contributed by atoms with van der Waals surface area (Å²) in [5, 5.41) is 2.95. The highest BCUT2D eigenvalue weighted by molar-refractivity contribution is 5.95. The van der Waals surface area contributed by atoms with E-state index in [-0.39, 0.29) is 24.3 Å². The van der Waals surface area contributed by atoms with E-state index in [1.807, 2.05) is 30.3 Å². The Bertz CT molecular complexity index is 817. The summed E-state index contributed by atoms with van der Waals surface area (Å²) in [6, 6.07) is 14.7. The van der Waals surface area contributed by atoms with Crippen LogP contribution in [-0.2, 0) is 16.1 Å². The van der Waals surface area contributed by atoms with E-state index in [9.17, 15) is 9.59 Å². The molecule has 2 aromatic carbocycles. The van der Waals surface area contributed by atoms with E-state index in [2.05, 4.69) is 5.32 Å². The van der Waals surface area contributed by atoms with Gasteiger partial charge in [0.1, 0.15) is 6.61 Å². The van der Waals surface area contributed by atoms with E-state index in [0.29, 0.717) is 29.6 Å². The number of hydrogen-bond donors (Lipinski definition) is 1. The summed E-state index contributed by atoms with van der Waals surface area (Å²) < 4.78 is 16.0. The normalized spacial score (nSPS) is 14.1. The minimum atomic E-state index is -0.320. The standard InChI is InChI=1S/C22H25NO5/c1-26-20-12-17(10-11-19(20)28-14-15-6-4-3-5-7-15)22(25)23-18(16-8-9-16)13-21(24)27-2/h3-7,10-12,16,18H,8-9,13-14H2,1-2H3,(H,23,25)/t18-/m1/s1. The van der Waals surface area contributed by atoms with Crippen LogP contribution in [0.15, 0.2) is 48.5 Å². The Morgan fingerprint density at radius 1 is 1.07 bits per heavy atom. The van der Waals surface area contributed by atoms with Crippen molar-refractivity contribution in [3.8, 4) is 11.5 Å². The van der Waals surface area contributed by atoms with E-state index in [0.717, 1.165) is 18.4 Å². The van der Waals surface area contributed by atoms with E-state index < -0.39 is 0 Å². The summed E-state index contributed by atoms with van der Waals surface area (Å²) in [4.78, 5) is 24.3. The number of carbonyl (C=O) groups is 2. The lowest BCUT2D eigenvalue weighted by Crippen LogP contribution is -2.38. The molecule has 1 amide bonds. The molecule has 2 aromatic rings.